The van der Waals surface area contributed by atoms with Gasteiger partial charge in [-0.05, 0) is 42.8 Å². The van der Waals surface area contributed by atoms with Crippen molar-refractivity contribution in [3.63, 3.8) is 0 Å². The number of hydrogen-bond acceptors (Lipinski definition) is 3. The minimum atomic E-state index is -0.257. The lowest BCUT2D eigenvalue weighted by molar-refractivity contribution is -0.116. The molecule has 3 rings (SSSR count). The Morgan fingerprint density at radius 2 is 1.70 bits per heavy atom. The van der Waals surface area contributed by atoms with Crippen LogP contribution in [-0.2, 0) is 4.79 Å². The maximum absolute atomic E-state index is 12.3. The molecule has 1 amide bonds. The summed E-state index contributed by atoms with van der Waals surface area (Å²) in [7, 11) is 1.85. The van der Waals surface area contributed by atoms with Crippen molar-refractivity contribution in [3.8, 4) is 0 Å². The summed E-state index contributed by atoms with van der Waals surface area (Å²) in [6.07, 6.45) is 1.81. The predicted octanol–water partition coefficient (Wildman–Crippen LogP) is 3.99. The Morgan fingerprint density at radius 3 is 2.35 bits per heavy atom. The number of carbonyl (C=O) groups is 1. The number of rotatable bonds is 2. The van der Waals surface area contributed by atoms with E-state index in [4.69, 9.17) is 11.6 Å². The number of anilines is 1. The van der Waals surface area contributed by atoms with Gasteiger partial charge in [0.15, 0.2) is 0 Å². The Labute approximate surface area is 140 Å². The van der Waals surface area contributed by atoms with Crippen molar-refractivity contribution in [2.24, 2.45) is 4.99 Å². The predicted molar refractivity (Wildman–Crippen MR) is 94.2 cm³/mol. The number of amides is 1. The first-order valence-corrected chi connectivity index (χ1v) is 7.60. The minimum absolute atomic E-state index is 0.257. The zero-order valence-electron chi connectivity index (χ0n) is 12.9. The van der Waals surface area contributed by atoms with Crippen LogP contribution in [0.3, 0.4) is 0 Å². The number of hydrazine groups is 1. The molecule has 23 heavy (non-hydrogen) atoms. The minimum Gasteiger partial charge on any atom is -0.277 e. The van der Waals surface area contributed by atoms with Gasteiger partial charge in [-0.2, -0.15) is 4.99 Å². The topological polar surface area (TPSA) is 35.9 Å². The first-order valence-electron chi connectivity index (χ1n) is 7.22. The Kier molecular flexibility index (Phi) is 4.17. The van der Waals surface area contributed by atoms with Gasteiger partial charge in [0.05, 0.1) is 5.69 Å². The molecule has 0 saturated heterocycles. The van der Waals surface area contributed by atoms with Crippen molar-refractivity contribution >= 4 is 35.1 Å². The quantitative estimate of drug-likeness (QED) is 0.783. The average molecular weight is 326 g/mol. The Hall–Kier alpha value is -2.59. The maximum atomic E-state index is 12.3. The molecule has 2 aromatic carbocycles. The number of hydrogen-bond donors (Lipinski definition) is 0. The monoisotopic (exact) mass is 325 g/mol. The second-order valence-corrected chi connectivity index (χ2v) is 5.65. The summed E-state index contributed by atoms with van der Waals surface area (Å²) in [5.41, 5.74) is 2.35. The van der Waals surface area contributed by atoms with Gasteiger partial charge in [0.2, 0.25) is 0 Å². The number of likely N-dealkylation sites (N-methyl/N-ethyl adjacent to an activating group) is 1. The van der Waals surface area contributed by atoms with Gasteiger partial charge in [0, 0.05) is 12.1 Å². The van der Waals surface area contributed by atoms with Crippen LogP contribution in [0.4, 0.5) is 5.69 Å². The molecule has 0 saturated carbocycles. The molecule has 5 heteroatoms. The standard InChI is InChI=1S/C18H16ClN3O/c1-13-20-18(23)17(12-14-8-10-15(19)11-9-14)21(2)22(13)16-6-4-3-5-7-16/h3-12H,1-2H3. The summed E-state index contributed by atoms with van der Waals surface area (Å²) in [6.45, 7) is 1.82. The van der Waals surface area contributed by atoms with Gasteiger partial charge < -0.3 is 0 Å². The van der Waals surface area contributed by atoms with E-state index in [2.05, 4.69) is 4.99 Å². The highest BCUT2D eigenvalue weighted by atomic mass is 35.5. The number of para-hydroxylation sites is 1. The van der Waals surface area contributed by atoms with Gasteiger partial charge in [-0.1, -0.05) is 41.9 Å². The van der Waals surface area contributed by atoms with Gasteiger partial charge in [-0.25, -0.2) is 5.01 Å². The zero-order valence-corrected chi connectivity index (χ0v) is 13.7. The van der Waals surface area contributed by atoms with Crippen LogP contribution in [0.15, 0.2) is 65.3 Å². The van der Waals surface area contributed by atoms with E-state index in [1.54, 1.807) is 12.1 Å². The number of aliphatic imine (C=N–C) groups is 1. The molecule has 0 spiro atoms. The summed E-state index contributed by atoms with van der Waals surface area (Å²) < 4.78 is 0. The van der Waals surface area contributed by atoms with E-state index in [1.165, 1.54) is 0 Å². The molecule has 1 aliphatic rings. The summed E-state index contributed by atoms with van der Waals surface area (Å²) in [5.74, 6) is 0.379. The lowest BCUT2D eigenvalue weighted by atomic mass is 10.1. The highest BCUT2D eigenvalue weighted by molar-refractivity contribution is 6.30. The second kappa shape index (κ2) is 6.26. The Balaban J connectivity index is 2.02. The van der Waals surface area contributed by atoms with E-state index in [-0.39, 0.29) is 5.91 Å². The van der Waals surface area contributed by atoms with Crippen molar-refractivity contribution in [2.45, 2.75) is 6.92 Å². The first-order chi connectivity index (χ1) is 11.1. The lowest BCUT2D eigenvalue weighted by Crippen LogP contribution is -2.48. The fourth-order valence-corrected chi connectivity index (χ4v) is 2.64. The maximum Gasteiger partial charge on any atom is 0.296 e. The van der Waals surface area contributed by atoms with Crippen molar-refractivity contribution < 1.29 is 4.79 Å². The molecule has 1 aliphatic heterocycles. The number of carbonyl (C=O) groups excluding carboxylic acids is 1. The Bertz CT molecular complexity index is 782. The number of benzene rings is 2. The third-order valence-electron chi connectivity index (χ3n) is 3.61. The van der Waals surface area contributed by atoms with Gasteiger partial charge in [0.1, 0.15) is 11.5 Å². The third kappa shape index (κ3) is 3.12. The Morgan fingerprint density at radius 1 is 1.04 bits per heavy atom. The van der Waals surface area contributed by atoms with Crippen LogP contribution in [0, 0.1) is 0 Å². The average Bonchev–Trinajstić information content (AvgIpc) is 2.54. The van der Waals surface area contributed by atoms with E-state index in [1.807, 2.05) is 72.5 Å². The third-order valence-corrected chi connectivity index (χ3v) is 3.86. The highest BCUT2D eigenvalue weighted by Crippen LogP contribution is 2.25. The van der Waals surface area contributed by atoms with E-state index in [0.717, 1.165) is 11.3 Å². The molecule has 0 fully saturated rings. The summed E-state index contributed by atoms with van der Waals surface area (Å²) in [6, 6.07) is 17.1. The van der Waals surface area contributed by atoms with Crippen molar-refractivity contribution in [1.29, 1.82) is 0 Å². The molecular weight excluding hydrogens is 310 g/mol. The van der Waals surface area contributed by atoms with Gasteiger partial charge >= 0.3 is 0 Å². The van der Waals surface area contributed by atoms with Crippen molar-refractivity contribution in [2.75, 3.05) is 12.1 Å². The van der Waals surface area contributed by atoms with Crippen molar-refractivity contribution in [3.05, 3.63) is 70.9 Å². The SMILES string of the molecule is CC1=NC(=O)C(=Cc2ccc(Cl)cc2)N(C)N1c1ccccc1. The van der Waals surface area contributed by atoms with Crippen LogP contribution in [0.25, 0.3) is 6.08 Å². The largest absolute Gasteiger partial charge is 0.296 e. The number of nitrogens with zero attached hydrogens (tertiary/aromatic N) is 3. The molecule has 0 bridgehead atoms. The first kappa shape index (κ1) is 15.3. The van der Waals surface area contributed by atoms with E-state index < -0.39 is 0 Å². The fourth-order valence-electron chi connectivity index (χ4n) is 2.52. The second-order valence-electron chi connectivity index (χ2n) is 5.22. The molecule has 116 valence electrons. The molecule has 0 radical (unpaired) electrons. The number of halogens is 1. The van der Waals surface area contributed by atoms with Crippen molar-refractivity contribution in [1.82, 2.24) is 5.01 Å². The normalized spacial score (nSPS) is 16.7. The molecule has 0 N–H and O–H groups in total. The van der Waals surface area contributed by atoms with Crippen LogP contribution < -0.4 is 5.01 Å². The van der Waals surface area contributed by atoms with Crippen LogP contribution in [-0.4, -0.2) is 23.8 Å². The van der Waals surface area contributed by atoms with Crippen LogP contribution in [0.5, 0.6) is 0 Å². The molecule has 0 aliphatic carbocycles. The fraction of sp³-hybridized carbons (Fsp3) is 0.111. The van der Waals surface area contributed by atoms with Crippen LogP contribution >= 0.6 is 11.6 Å². The van der Waals surface area contributed by atoms with E-state index in [9.17, 15) is 4.79 Å². The highest BCUT2D eigenvalue weighted by Gasteiger charge is 2.27. The molecule has 0 aromatic heterocycles. The van der Waals surface area contributed by atoms with Crippen LogP contribution in [0.1, 0.15) is 12.5 Å². The molecule has 0 unspecified atom stereocenters. The summed E-state index contributed by atoms with van der Waals surface area (Å²) >= 11 is 5.91. The van der Waals surface area contributed by atoms with Gasteiger partial charge in [-0.15, -0.1) is 0 Å². The lowest BCUT2D eigenvalue weighted by Gasteiger charge is -2.38. The summed E-state index contributed by atoms with van der Waals surface area (Å²) in [5, 5.41) is 4.38. The van der Waals surface area contributed by atoms with Crippen LogP contribution in [0.2, 0.25) is 5.02 Å². The molecule has 4 nitrogen and oxygen atoms in total. The molecule has 0 atom stereocenters. The molecule has 2 aromatic rings. The molecular formula is C18H16ClN3O. The zero-order chi connectivity index (χ0) is 16.4. The van der Waals surface area contributed by atoms with Gasteiger partial charge in [-0.3, -0.25) is 9.80 Å². The smallest absolute Gasteiger partial charge is 0.277 e. The molecule has 1 heterocycles. The number of amidine groups is 1. The van der Waals surface area contributed by atoms with E-state index >= 15 is 0 Å². The van der Waals surface area contributed by atoms with E-state index in [0.29, 0.717) is 16.6 Å². The van der Waals surface area contributed by atoms with Gasteiger partial charge in [0.25, 0.3) is 5.91 Å². The summed E-state index contributed by atoms with van der Waals surface area (Å²) in [4.78, 5) is 16.5.